The molecule has 0 aliphatic carbocycles. The van der Waals surface area contributed by atoms with Gasteiger partial charge in [0.25, 0.3) is 0 Å². The molecule has 0 bridgehead atoms. The van der Waals surface area contributed by atoms with Gasteiger partial charge in [-0.1, -0.05) is 42.5 Å². The van der Waals surface area contributed by atoms with Crippen LogP contribution >= 0.6 is 35.3 Å². The highest BCUT2D eigenvalue weighted by Gasteiger charge is 2.20. The molecule has 6 heteroatoms. The van der Waals surface area contributed by atoms with Crippen molar-refractivity contribution in [2.24, 2.45) is 4.99 Å². The zero-order valence-corrected chi connectivity index (χ0v) is 19.2. The summed E-state index contributed by atoms with van der Waals surface area (Å²) in [6.45, 7) is 2.96. The predicted octanol–water partition coefficient (Wildman–Crippen LogP) is 4.85. The number of anilines is 1. The summed E-state index contributed by atoms with van der Waals surface area (Å²) in [5.41, 5.74) is 1.29. The fraction of sp³-hybridized carbons (Fsp3) is 0.318. The Labute approximate surface area is 188 Å². The highest BCUT2D eigenvalue weighted by atomic mass is 127. The molecule has 3 aromatic rings. The van der Waals surface area contributed by atoms with Crippen molar-refractivity contribution in [1.82, 2.24) is 10.6 Å². The second-order valence-corrected chi connectivity index (χ2v) is 7.85. The van der Waals surface area contributed by atoms with Crippen molar-refractivity contribution >= 4 is 57.0 Å². The number of piperidine rings is 1. The van der Waals surface area contributed by atoms with Crippen LogP contribution in [-0.2, 0) is 6.54 Å². The molecule has 2 aromatic carbocycles. The van der Waals surface area contributed by atoms with Crippen LogP contribution in [-0.4, -0.2) is 32.1 Å². The van der Waals surface area contributed by atoms with Gasteiger partial charge in [0, 0.05) is 32.7 Å². The molecule has 0 spiro atoms. The van der Waals surface area contributed by atoms with Crippen LogP contribution in [0, 0.1) is 0 Å². The summed E-state index contributed by atoms with van der Waals surface area (Å²) in [6.07, 6.45) is 2.26. The third-order valence-corrected chi connectivity index (χ3v) is 6.13. The van der Waals surface area contributed by atoms with Crippen LogP contribution in [0.2, 0.25) is 0 Å². The highest BCUT2D eigenvalue weighted by Crippen LogP contribution is 2.24. The Morgan fingerprint density at radius 2 is 1.86 bits per heavy atom. The van der Waals surface area contributed by atoms with Gasteiger partial charge in [0.05, 0.1) is 5.00 Å². The lowest BCUT2D eigenvalue weighted by atomic mass is 10.0. The molecule has 0 unspecified atom stereocenters. The van der Waals surface area contributed by atoms with Crippen molar-refractivity contribution in [1.29, 1.82) is 0 Å². The van der Waals surface area contributed by atoms with E-state index in [9.17, 15) is 0 Å². The molecule has 28 heavy (non-hydrogen) atoms. The summed E-state index contributed by atoms with van der Waals surface area (Å²) in [7, 11) is 1.85. The zero-order valence-electron chi connectivity index (χ0n) is 16.1. The average Bonchev–Trinajstić information content (AvgIpc) is 3.26. The first-order chi connectivity index (χ1) is 13.3. The highest BCUT2D eigenvalue weighted by molar-refractivity contribution is 14.0. The normalized spacial score (nSPS) is 15.3. The first kappa shape index (κ1) is 20.9. The predicted molar refractivity (Wildman–Crippen MR) is 132 cm³/mol. The molecule has 1 aliphatic heterocycles. The van der Waals surface area contributed by atoms with Crippen LogP contribution in [0.15, 0.2) is 65.0 Å². The summed E-state index contributed by atoms with van der Waals surface area (Å²) in [5.74, 6) is 0.887. The molecule has 1 aliphatic rings. The standard InChI is InChI=1S/C22H26N4S.HI/c1-23-22(24-16-18-8-4-7-17-6-2-3-9-20(17)18)25-19-11-13-26(14-12-19)21-10-5-15-27-21;/h2-10,15,19H,11-14,16H2,1H3,(H2,23,24,25);1H. The van der Waals surface area contributed by atoms with Gasteiger partial charge in [-0.15, -0.1) is 35.3 Å². The van der Waals surface area contributed by atoms with Gasteiger partial charge in [-0.25, -0.2) is 0 Å². The molecule has 1 saturated heterocycles. The van der Waals surface area contributed by atoms with E-state index >= 15 is 0 Å². The van der Waals surface area contributed by atoms with E-state index in [1.807, 2.05) is 18.4 Å². The van der Waals surface area contributed by atoms with Crippen molar-refractivity contribution in [3.8, 4) is 0 Å². The van der Waals surface area contributed by atoms with Gasteiger partial charge in [-0.05, 0) is 46.7 Å². The average molecular weight is 506 g/mol. The number of thiophene rings is 1. The maximum absolute atomic E-state index is 4.43. The topological polar surface area (TPSA) is 39.7 Å². The third kappa shape index (κ3) is 4.97. The molecule has 0 saturated carbocycles. The Morgan fingerprint density at radius 1 is 1.07 bits per heavy atom. The Bertz CT molecular complexity index is 897. The molecule has 148 valence electrons. The number of guanidine groups is 1. The number of fused-ring (bicyclic) bond motifs is 1. The lowest BCUT2D eigenvalue weighted by Gasteiger charge is -2.33. The molecule has 1 fully saturated rings. The van der Waals surface area contributed by atoms with Crippen LogP contribution < -0.4 is 15.5 Å². The van der Waals surface area contributed by atoms with Crippen LogP contribution in [0.1, 0.15) is 18.4 Å². The van der Waals surface area contributed by atoms with Crippen molar-refractivity contribution in [3.05, 3.63) is 65.5 Å². The van der Waals surface area contributed by atoms with E-state index in [0.717, 1.165) is 38.4 Å². The van der Waals surface area contributed by atoms with Gasteiger partial charge in [0.15, 0.2) is 5.96 Å². The summed E-state index contributed by atoms with van der Waals surface area (Å²) >= 11 is 1.83. The van der Waals surface area contributed by atoms with E-state index in [1.54, 1.807) is 0 Å². The quantitative estimate of drug-likeness (QED) is 0.302. The molecular weight excluding hydrogens is 479 g/mol. The van der Waals surface area contributed by atoms with E-state index < -0.39 is 0 Å². The lowest BCUT2D eigenvalue weighted by Crippen LogP contribution is -2.48. The number of aliphatic imine (C=N–C) groups is 1. The molecule has 2 N–H and O–H groups in total. The second-order valence-electron chi connectivity index (χ2n) is 6.92. The number of benzene rings is 2. The number of rotatable bonds is 4. The Balaban J connectivity index is 0.00000225. The fourth-order valence-electron chi connectivity index (χ4n) is 3.71. The summed E-state index contributed by atoms with van der Waals surface area (Å²) in [4.78, 5) is 6.91. The third-order valence-electron chi connectivity index (χ3n) is 5.20. The minimum atomic E-state index is 0. The molecule has 0 radical (unpaired) electrons. The fourth-order valence-corrected chi connectivity index (χ4v) is 4.49. The number of hydrogen-bond donors (Lipinski definition) is 2. The van der Waals surface area contributed by atoms with Crippen molar-refractivity contribution in [3.63, 3.8) is 0 Å². The smallest absolute Gasteiger partial charge is 0.191 e. The van der Waals surface area contributed by atoms with E-state index in [4.69, 9.17) is 0 Å². The monoisotopic (exact) mass is 506 g/mol. The van der Waals surface area contributed by atoms with Gasteiger partial charge >= 0.3 is 0 Å². The molecule has 4 nitrogen and oxygen atoms in total. The molecule has 0 atom stereocenters. The Morgan fingerprint density at radius 3 is 2.61 bits per heavy atom. The van der Waals surface area contributed by atoms with E-state index in [-0.39, 0.29) is 24.0 Å². The SMILES string of the molecule is CN=C(NCc1cccc2ccccc12)NC1CCN(c2cccs2)CC1.I. The Kier molecular flexibility index (Phi) is 7.56. The van der Waals surface area contributed by atoms with Crippen LogP contribution in [0.4, 0.5) is 5.00 Å². The van der Waals surface area contributed by atoms with Gasteiger partial charge in [0.1, 0.15) is 0 Å². The lowest BCUT2D eigenvalue weighted by molar-refractivity contribution is 0.463. The van der Waals surface area contributed by atoms with Crippen molar-refractivity contribution in [2.45, 2.75) is 25.4 Å². The molecular formula is C22H27IN4S. The summed E-state index contributed by atoms with van der Waals surface area (Å²) in [6, 6.07) is 19.8. The molecule has 0 amide bonds. The minimum Gasteiger partial charge on any atom is -0.363 e. The van der Waals surface area contributed by atoms with Gasteiger partial charge in [-0.2, -0.15) is 0 Å². The van der Waals surface area contributed by atoms with Crippen LogP contribution in [0.3, 0.4) is 0 Å². The molecule has 2 heterocycles. The minimum absolute atomic E-state index is 0. The van der Waals surface area contributed by atoms with E-state index in [1.165, 1.54) is 21.3 Å². The molecule has 1 aromatic heterocycles. The largest absolute Gasteiger partial charge is 0.363 e. The van der Waals surface area contributed by atoms with Gasteiger partial charge in [-0.3, -0.25) is 4.99 Å². The van der Waals surface area contributed by atoms with Crippen LogP contribution in [0.25, 0.3) is 10.8 Å². The number of nitrogens with one attached hydrogen (secondary N) is 2. The van der Waals surface area contributed by atoms with Crippen LogP contribution in [0.5, 0.6) is 0 Å². The summed E-state index contributed by atoms with van der Waals surface area (Å²) < 4.78 is 0. The number of hydrogen-bond acceptors (Lipinski definition) is 3. The van der Waals surface area contributed by atoms with Gasteiger partial charge in [0.2, 0.25) is 0 Å². The van der Waals surface area contributed by atoms with Gasteiger partial charge < -0.3 is 15.5 Å². The van der Waals surface area contributed by atoms with E-state index in [2.05, 4.69) is 80.5 Å². The first-order valence-electron chi connectivity index (χ1n) is 9.56. The zero-order chi connectivity index (χ0) is 18.5. The second kappa shape index (κ2) is 10.1. The van der Waals surface area contributed by atoms with Crippen molar-refractivity contribution in [2.75, 3.05) is 25.0 Å². The Hall–Kier alpha value is -1.80. The number of halogens is 1. The maximum atomic E-state index is 4.43. The number of nitrogens with zero attached hydrogens (tertiary/aromatic N) is 2. The van der Waals surface area contributed by atoms with Crippen molar-refractivity contribution < 1.29 is 0 Å². The maximum Gasteiger partial charge on any atom is 0.191 e. The molecule has 4 rings (SSSR count). The van der Waals surface area contributed by atoms with E-state index in [0.29, 0.717) is 6.04 Å². The first-order valence-corrected chi connectivity index (χ1v) is 10.4. The summed E-state index contributed by atoms with van der Waals surface area (Å²) in [5, 5.41) is 13.2.